The van der Waals surface area contributed by atoms with E-state index in [1.807, 2.05) is 11.3 Å². The predicted octanol–water partition coefficient (Wildman–Crippen LogP) is 17.2. The smallest absolute Gasteiger partial charge is 0.0540 e. The van der Waals surface area contributed by atoms with Crippen LogP contribution in [-0.4, -0.2) is 18.8 Å². The molecule has 1 heterocycles. The Kier molecular flexibility index (Phi) is 9.14. The molecule has 0 amide bonds. The first-order valence-electron chi connectivity index (χ1n) is 20.8. The summed E-state index contributed by atoms with van der Waals surface area (Å²) in [5, 5.41) is 10.2. The Labute approximate surface area is 362 Å². The number of anilines is 6. The highest BCUT2D eigenvalue weighted by atomic mass is 32.3. The van der Waals surface area contributed by atoms with Crippen molar-refractivity contribution in [1.82, 2.24) is 0 Å². The fourth-order valence-corrected chi connectivity index (χ4v) is 11.3. The summed E-state index contributed by atoms with van der Waals surface area (Å²) in [4.78, 5) is 6.17. The van der Waals surface area contributed by atoms with E-state index in [4.69, 9.17) is 0 Å². The Morgan fingerprint density at radius 1 is 0.361 bits per heavy atom. The summed E-state index contributed by atoms with van der Waals surface area (Å²) in [6.45, 7) is 0. The van der Waals surface area contributed by atoms with Gasteiger partial charge in [0.1, 0.15) is 0 Å². The number of fused-ring (bicyclic) bond motifs is 9. The van der Waals surface area contributed by atoms with E-state index in [-0.39, 0.29) is 0 Å². The summed E-state index contributed by atoms with van der Waals surface area (Å²) >= 11 is 1.91. The van der Waals surface area contributed by atoms with Crippen LogP contribution in [0.5, 0.6) is 0 Å². The zero-order valence-electron chi connectivity index (χ0n) is 34.4. The molecule has 0 bridgehead atoms. The number of hydrogen-bond acceptors (Lipinski definition) is 3. The maximum atomic E-state index is 2.42. The third kappa shape index (κ3) is 6.51. The average molecular weight is 821 g/mol. The minimum atomic E-state index is -0.836. The summed E-state index contributed by atoms with van der Waals surface area (Å²) in [5.41, 5.74) is 9.34. The van der Waals surface area contributed by atoms with Crippen LogP contribution in [0.3, 0.4) is 0 Å². The van der Waals surface area contributed by atoms with E-state index in [2.05, 4.69) is 241 Å². The predicted molar refractivity (Wildman–Crippen MR) is 270 cm³/mol. The minimum Gasteiger partial charge on any atom is -0.310 e. The molecule has 0 atom stereocenters. The molecule has 0 radical (unpaired) electrons. The van der Waals surface area contributed by atoms with Gasteiger partial charge in [-0.2, -0.15) is 0 Å². The number of benzene rings is 10. The van der Waals surface area contributed by atoms with Crippen molar-refractivity contribution in [2.45, 2.75) is 4.90 Å². The fourth-order valence-electron chi connectivity index (χ4n) is 9.09. The van der Waals surface area contributed by atoms with Gasteiger partial charge in [-0.25, -0.2) is 10.0 Å². The van der Waals surface area contributed by atoms with Crippen molar-refractivity contribution >= 4 is 108 Å². The Morgan fingerprint density at radius 3 is 1.52 bits per heavy atom. The standard InChI is InChI=1S/C57H44N2S2/c1-61(2,3)45-31-28-43(29-32-45)59(42-21-11-6-12-22-42)54-36-35-46(47-23-13-15-25-49(47)54)39-27-33-52-55(37-39)60-57-51-34-30-44(38-53(51)48-24-14-16-26-50(48)56(52)57)58(40-17-7-4-8-18-40)41-19-9-5-10-20-41/h4-38H,1-3H3. The Balaban J connectivity index is 1.06. The lowest BCUT2D eigenvalue weighted by atomic mass is 9.94. The SMILES string of the molecule is CS(C)(C)c1ccc(N(c2ccccc2)c2ccc(-c3ccc4c(c3)sc3c5ccc(N(c6ccccc6)c6ccccc6)cc5c5ccccc5c43)c3ccccc23)cc1. The molecular weight excluding hydrogens is 777 g/mol. The van der Waals surface area contributed by atoms with Crippen molar-refractivity contribution in [3.63, 3.8) is 0 Å². The monoisotopic (exact) mass is 820 g/mol. The van der Waals surface area contributed by atoms with E-state index >= 15 is 0 Å². The highest BCUT2D eigenvalue weighted by molar-refractivity contribution is 8.32. The van der Waals surface area contributed by atoms with Crippen LogP contribution in [0, 0.1) is 0 Å². The van der Waals surface area contributed by atoms with Crippen LogP contribution >= 0.6 is 21.4 Å². The molecule has 61 heavy (non-hydrogen) atoms. The van der Waals surface area contributed by atoms with Gasteiger partial charge < -0.3 is 9.80 Å². The number of para-hydroxylation sites is 3. The first-order valence-corrected chi connectivity index (χ1v) is 24.4. The second kappa shape index (κ2) is 15.0. The average Bonchev–Trinajstić information content (AvgIpc) is 3.70. The lowest BCUT2D eigenvalue weighted by molar-refractivity contribution is 1.28. The van der Waals surface area contributed by atoms with Gasteiger partial charge in [0.2, 0.25) is 0 Å². The minimum absolute atomic E-state index is 0.836. The molecular formula is C57H44N2S2. The second-order valence-corrected chi connectivity index (χ2v) is 21.7. The molecule has 10 aromatic carbocycles. The van der Waals surface area contributed by atoms with Gasteiger partial charge in [-0.15, -0.1) is 11.3 Å². The van der Waals surface area contributed by atoms with Gasteiger partial charge in [0.15, 0.2) is 0 Å². The normalized spacial score (nSPS) is 12.1. The molecule has 0 unspecified atom stereocenters. The third-order valence-electron chi connectivity index (χ3n) is 12.0. The van der Waals surface area contributed by atoms with E-state index in [9.17, 15) is 0 Å². The van der Waals surface area contributed by atoms with Gasteiger partial charge in [-0.1, -0.05) is 127 Å². The Hall–Kier alpha value is -6.85. The third-order valence-corrected chi connectivity index (χ3v) is 14.9. The van der Waals surface area contributed by atoms with Crippen molar-refractivity contribution in [1.29, 1.82) is 0 Å². The quantitative estimate of drug-likeness (QED) is 0.141. The van der Waals surface area contributed by atoms with Crippen molar-refractivity contribution in [3.05, 3.63) is 212 Å². The molecule has 0 saturated heterocycles. The first-order chi connectivity index (χ1) is 29.9. The molecule has 0 saturated carbocycles. The van der Waals surface area contributed by atoms with Crippen LogP contribution < -0.4 is 9.80 Å². The largest absolute Gasteiger partial charge is 0.310 e. The maximum absolute atomic E-state index is 2.42. The number of thiophene rings is 1. The van der Waals surface area contributed by atoms with Crippen molar-refractivity contribution in [3.8, 4) is 11.1 Å². The molecule has 11 rings (SSSR count). The highest BCUT2D eigenvalue weighted by Gasteiger charge is 2.21. The maximum Gasteiger partial charge on any atom is 0.0540 e. The first kappa shape index (κ1) is 37.2. The van der Waals surface area contributed by atoms with Crippen molar-refractivity contribution in [2.24, 2.45) is 0 Å². The van der Waals surface area contributed by atoms with Crippen LogP contribution in [0.4, 0.5) is 34.1 Å². The van der Waals surface area contributed by atoms with Crippen molar-refractivity contribution in [2.75, 3.05) is 28.6 Å². The summed E-state index contributed by atoms with van der Waals surface area (Å²) in [5.74, 6) is 0. The number of hydrogen-bond donors (Lipinski definition) is 0. The van der Waals surface area contributed by atoms with Crippen LogP contribution in [0.25, 0.3) is 63.6 Å². The Bertz CT molecular complexity index is 3350. The van der Waals surface area contributed by atoms with Crippen molar-refractivity contribution < 1.29 is 0 Å². The fraction of sp³-hybridized carbons (Fsp3) is 0.0526. The van der Waals surface area contributed by atoms with Gasteiger partial charge in [-0.3, -0.25) is 0 Å². The van der Waals surface area contributed by atoms with Crippen LogP contribution in [0.2, 0.25) is 0 Å². The summed E-state index contributed by atoms with van der Waals surface area (Å²) in [6.07, 6.45) is 7.06. The van der Waals surface area contributed by atoms with Gasteiger partial charge in [0, 0.05) is 59.4 Å². The zero-order valence-corrected chi connectivity index (χ0v) is 36.1. The topological polar surface area (TPSA) is 6.48 Å². The molecule has 0 aliphatic rings. The van der Waals surface area contributed by atoms with E-state index in [0.29, 0.717) is 0 Å². The Morgan fingerprint density at radius 2 is 0.885 bits per heavy atom. The van der Waals surface area contributed by atoms with Crippen LogP contribution in [-0.2, 0) is 0 Å². The molecule has 0 spiro atoms. The molecule has 2 nitrogen and oxygen atoms in total. The lowest BCUT2D eigenvalue weighted by Gasteiger charge is -2.30. The van der Waals surface area contributed by atoms with Gasteiger partial charge in [-0.05, 0) is 141 Å². The summed E-state index contributed by atoms with van der Waals surface area (Å²) < 4.78 is 2.63. The molecule has 1 aromatic heterocycles. The number of rotatable bonds is 8. The molecule has 0 fully saturated rings. The molecule has 0 aliphatic carbocycles. The summed E-state index contributed by atoms with van der Waals surface area (Å²) in [7, 11) is -0.836. The van der Waals surface area contributed by atoms with Gasteiger partial charge in [0.25, 0.3) is 0 Å². The summed E-state index contributed by atoms with van der Waals surface area (Å²) in [6, 6.07) is 77.9. The molecule has 11 aromatic rings. The van der Waals surface area contributed by atoms with Crippen LogP contribution in [0.15, 0.2) is 217 Å². The molecule has 0 aliphatic heterocycles. The van der Waals surface area contributed by atoms with E-state index < -0.39 is 10.0 Å². The van der Waals surface area contributed by atoms with E-state index in [1.165, 1.54) is 74.2 Å². The molecule has 4 heteroatoms. The zero-order chi connectivity index (χ0) is 41.1. The highest BCUT2D eigenvalue weighted by Crippen LogP contribution is 2.49. The van der Waals surface area contributed by atoms with Gasteiger partial charge in [0.05, 0.1) is 5.69 Å². The van der Waals surface area contributed by atoms with E-state index in [1.54, 1.807) is 0 Å². The second-order valence-electron chi connectivity index (χ2n) is 16.5. The lowest BCUT2D eigenvalue weighted by Crippen LogP contribution is -2.10. The molecule has 0 N–H and O–H groups in total. The number of nitrogens with zero attached hydrogens (tertiary/aromatic N) is 2. The molecule has 294 valence electrons. The van der Waals surface area contributed by atoms with E-state index in [0.717, 1.165) is 28.4 Å². The van der Waals surface area contributed by atoms with Gasteiger partial charge >= 0.3 is 0 Å². The van der Waals surface area contributed by atoms with Crippen LogP contribution in [0.1, 0.15) is 0 Å².